The van der Waals surface area contributed by atoms with E-state index in [0.717, 1.165) is 41.6 Å². The minimum Gasteiger partial charge on any atom is -0.491 e. The van der Waals surface area contributed by atoms with E-state index < -0.39 is 0 Å². The predicted octanol–water partition coefficient (Wildman–Crippen LogP) is 5.25. The first-order valence-corrected chi connectivity index (χ1v) is 11.2. The van der Waals surface area contributed by atoms with E-state index >= 15 is 0 Å². The Labute approximate surface area is 171 Å². The van der Waals surface area contributed by atoms with Crippen molar-refractivity contribution in [3.8, 4) is 5.75 Å². The lowest BCUT2D eigenvalue weighted by atomic mass is 9.94. The second-order valence-electron chi connectivity index (χ2n) is 9.28. The smallest absolute Gasteiger partial charge is 0.173 e. The number of thiophene rings is 1. The van der Waals surface area contributed by atoms with E-state index in [1.165, 1.54) is 21.6 Å². The Hall–Kier alpha value is -1.65. The van der Waals surface area contributed by atoms with E-state index in [2.05, 4.69) is 39.8 Å². The molecule has 3 nitrogen and oxygen atoms in total. The van der Waals surface area contributed by atoms with Crippen LogP contribution in [0.2, 0.25) is 0 Å². The lowest BCUT2D eigenvalue weighted by Gasteiger charge is -2.11. The topological polar surface area (TPSA) is 38.8 Å². The number of rotatable bonds is 7. The predicted molar refractivity (Wildman–Crippen MR) is 112 cm³/mol. The average molecular weight is 397 g/mol. The maximum absolute atomic E-state index is 13.0. The van der Waals surface area contributed by atoms with E-state index in [-0.39, 0.29) is 6.10 Å². The van der Waals surface area contributed by atoms with Gasteiger partial charge in [-0.05, 0) is 72.3 Å². The summed E-state index contributed by atoms with van der Waals surface area (Å²) in [4.78, 5) is 15.4. The highest BCUT2D eigenvalue weighted by molar-refractivity contribution is 7.14. The number of aryl methyl sites for hydroxylation is 3. The maximum atomic E-state index is 13.0. The van der Waals surface area contributed by atoms with Crippen molar-refractivity contribution < 1.29 is 14.3 Å². The zero-order valence-electron chi connectivity index (χ0n) is 17.1. The minimum atomic E-state index is 0.268. The average Bonchev–Trinajstić information content (AvgIpc) is 3.46. The largest absolute Gasteiger partial charge is 0.491 e. The Kier molecular flexibility index (Phi) is 4.22. The molecule has 2 heterocycles. The Bertz CT molecular complexity index is 951. The number of fused-ring (bicyclic) bond motifs is 3. The fraction of sp³-hybridized carbons (Fsp3) is 0.542. The molecule has 4 heteroatoms. The second-order valence-corrected chi connectivity index (χ2v) is 10.5. The monoisotopic (exact) mass is 396 g/mol. The van der Waals surface area contributed by atoms with Crippen molar-refractivity contribution in [1.29, 1.82) is 0 Å². The summed E-state index contributed by atoms with van der Waals surface area (Å²) in [5, 5.41) is 0. The molecule has 2 aliphatic carbocycles. The summed E-state index contributed by atoms with van der Waals surface area (Å²) in [6.45, 7) is 10.4. The Balaban J connectivity index is 1.24. The van der Waals surface area contributed by atoms with Crippen molar-refractivity contribution in [2.45, 2.75) is 59.0 Å². The van der Waals surface area contributed by atoms with Gasteiger partial charge in [0.1, 0.15) is 18.5 Å². The molecule has 148 valence electrons. The van der Waals surface area contributed by atoms with Crippen LogP contribution in [0.5, 0.6) is 5.75 Å². The van der Waals surface area contributed by atoms with Crippen LogP contribution in [0.3, 0.4) is 0 Å². The fourth-order valence-corrected chi connectivity index (χ4v) is 6.30. The molecule has 0 spiro atoms. The van der Waals surface area contributed by atoms with Gasteiger partial charge in [-0.3, -0.25) is 4.79 Å². The first kappa shape index (κ1) is 18.4. The number of benzene rings is 1. The van der Waals surface area contributed by atoms with Crippen molar-refractivity contribution in [3.05, 3.63) is 50.2 Å². The molecule has 2 fully saturated rings. The van der Waals surface area contributed by atoms with Crippen LogP contribution in [0.15, 0.2) is 18.2 Å². The summed E-state index contributed by atoms with van der Waals surface area (Å²) < 4.78 is 11.0. The van der Waals surface area contributed by atoms with Crippen LogP contribution < -0.4 is 4.74 Å². The molecule has 5 rings (SSSR count). The summed E-state index contributed by atoms with van der Waals surface area (Å²) in [5.74, 6) is 2.68. The third kappa shape index (κ3) is 3.02. The molecule has 3 aliphatic rings. The van der Waals surface area contributed by atoms with Crippen LogP contribution in [-0.2, 0) is 17.6 Å². The molecule has 1 saturated carbocycles. The summed E-state index contributed by atoms with van der Waals surface area (Å²) >= 11 is 1.73. The number of carbonyl (C=O) groups excluding carboxylic acids is 1. The number of Topliss-reactive ketones (excluding diaryl/α,β-unsaturated/α-hetero) is 1. The molecule has 28 heavy (non-hydrogen) atoms. The van der Waals surface area contributed by atoms with Crippen LogP contribution in [0, 0.1) is 25.2 Å². The molecule has 3 atom stereocenters. The van der Waals surface area contributed by atoms with Gasteiger partial charge in [0, 0.05) is 11.3 Å². The van der Waals surface area contributed by atoms with E-state index in [4.69, 9.17) is 9.47 Å². The standard InChI is InChI=1S/C24H28O3S/c1-13-9-15(6-8-20(13)27-12-16-11-26-16)5-7-19(25)23-17-10-18-22(24(18,3)4)21(17)14(2)28-23/h6,8-9,16,18,22H,5,7,10-12H2,1-4H3/t16?,18-,22-/m1/s1. The van der Waals surface area contributed by atoms with Crippen molar-refractivity contribution in [3.63, 3.8) is 0 Å². The Morgan fingerprint density at radius 1 is 1.32 bits per heavy atom. The van der Waals surface area contributed by atoms with E-state index in [1.807, 2.05) is 6.07 Å². The minimum absolute atomic E-state index is 0.268. The maximum Gasteiger partial charge on any atom is 0.173 e. The Morgan fingerprint density at radius 3 is 2.82 bits per heavy atom. The van der Waals surface area contributed by atoms with E-state index in [9.17, 15) is 4.79 Å². The molecule has 1 unspecified atom stereocenters. The van der Waals surface area contributed by atoms with Gasteiger partial charge in [0.05, 0.1) is 11.5 Å². The molecular formula is C24H28O3S. The second kappa shape index (κ2) is 6.43. The van der Waals surface area contributed by atoms with Crippen molar-refractivity contribution in [2.24, 2.45) is 11.3 Å². The molecule has 0 N–H and O–H groups in total. The van der Waals surface area contributed by atoms with Crippen LogP contribution in [0.1, 0.15) is 63.0 Å². The normalized spacial score (nSPS) is 25.9. The van der Waals surface area contributed by atoms with Crippen LogP contribution in [0.25, 0.3) is 0 Å². The zero-order chi connectivity index (χ0) is 19.6. The number of hydrogen-bond acceptors (Lipinski definition) is 4. The third-order valence-corrected chi connectivity index (χ3v) is 8.18. The van der Waals surface area contributed by atoms with Gasteiger partial charge in [0.25, 0.3) is 0 Å². The van der Waals surface area contributed by atoms with E-state index in [1.54, 1.807) is 11.3 Å². The summed E-state index contributed by atoms with van der Waals surface area (Å²) in [6.07, 6.45) is 2.74. The molecule has 0 radical (unpaired) electrons. The first-order chi connectivity index (χ1) is 13.4. The third-order valence-electron chi connectivity index (χ3n) is 6.98. The first-order valence-electron chi connectivity index (χ1n) is 10.4. The molecule has 2 aromatic rings. The van der Waals surface area contributed by atoms with Gasteiger partial charge in [-0.1, -0.05) is 26.0 Å². The number of carbonyl (C=O) groups is 1. The number of ether oxygens (including phenoxy) is 2. The van der Waals surface area contributed by atoms with Gasteiger partial charge in [-0.25, -0.2) is 0 Å². The SMILES string of the molecule is Cc1cc(CCC(=O)c2sc(C)c3c2C[C@@H]2[C@H]3C2(C)C)ccc1OCC1CO1. The molecule has 1 aromatic heterocycles. The quantitative estimate of drug-likeness (QED) is 0.474. The highest BCUT2D eigenvalue weighted by Gasteiger charge is 2.63. The van der Waals surface area contributed by atoms with Crippen LogP contribution in [-0.4, -0.2) is 25.1 Å². The highest BCUT2D eigenvalue weighted by Crippen LogP contribution is 2.71. The van der Waals surface area contributed by atoms with Crippen molar-refractivity contribution in [2.75, 3.05) is 13.2 Å². The number of hydrogen-bond donors (Lipinski definition) is 0. The molecule has 1 saturated heterocycles. The Morgan fingerprint density at radius 2 is 2.11 bits per heavy atom. The lowest BCUT2D eigenvalue weighted by molar-refractivity contribution is 0.0986. The highest BCUT2D eigenvalue weighted by atomic mass is 32.1. The molecule has 0 bridgehead atoms. The van der Waals surface area contributed by atoms with Crippen LogP contribution >= 0.6 is 11.3 Å². The van der Waals surface area contributed by atoms with E-state index in [0.29, 0.717) is 30.1 Å². The fourth-order valence-electron chi connectivity index (χ4n) is 5.10. The molecule has 1 aromatic carbocycles. The van der Waals surface area contributed by atoms with Gasteiger partial charge < -0.3 is 9.47 Å². The van der Waals surface area contributed by atoms with Crippen molar-refractivity contribution >= 4 is 17.1 Å². The van der Waals surface area contributed by atoms with Gasteiger partial charge >= 0.3 is 0 Å². The van der Waals surface area contributed by atoms with Gasteiger partial charge in [0.2, 0.25) is 0 Å². The zero-order valence-corrected chi connectivity index (χ0v) is 17.9. The van der Waals surface area contributed by atoms with Gasteiger partial charge in [-0.2, -0.15) is 0 Å². The lowest BCUT2D eigenvalue weighted by Crippen LogP contribution is -2.06. The number of ketones is 1. The van der Waals surface area contributed by atoms with Gasteiger partial charge in [-0.15, -0.1) is 11.3 Å². The van der Waals surface area contributed by atoms with Crippen molar-refractivity contribution in [1.82, 2.24) is 0 Å². The summed E-state index contributed by atoms with van der Waals surface area (Å²) in [6, 6.07) is 6.27. The summed E-state index contributed by atoms with van der Waals surface area (Å²) in [5.41, 5.74) is 5.66. The number of epoxide rings is 1. The molecule has 0 amide bonds. The molecular weight excluding hydrogens is 368 g/mol. The van der Waals surface area contributed by atoms with Gasteiger partial charge in [0.15, 0.2) is 5.78 Å². The van der Waals surface area contributed by atoms with Crippen LogP contribution in [0.4, 0.5) is 0 Å². The summed E-state index contributed by atoms with van der Waals surface area (Å²) in [7, 11) is 0. The molecule has 1 aliphatic heterocycles.